The highest BCUT2D eigenvalue weighted by atomic mass is 16.1. The average molecular weight is 322 g/mol. The standard InChI is InChI=1S/C22H26O2/c1-13(2)19-11-18(12-20(14(3)4)22(19)24)8-7-17-9-15(5)21(23)16(6)10-17/h7-14H,1-6H3. The zero-order valence-corrected chi connectivity index (χ0v) is 15.4. The van der Waals surface area contributed by atoms with Crippen LogP contribution in [0.4, 0.5) is 0 Å². The van der Waals surface area contributed by atoms with Gasteiger partial charge in [-0.25, -0.2) is 0 Å². The highest BCUT2D eigenvalue weighted by Gasteiger charge is 2.23. The minimum atomic E-state index is 0.104. The molecule has 0 aromatic carbocycles. The van der Waals surface area contributed by atoms with Gasteiger partial charge in [0.15, 0.2) is 11.6 Å². The Balaban J connectivity index is 2.43. The molecular formula is C22H26O2. The van der Waals surface area contributed by atoms with Crippen LogP contribution in [0.3, 0.4) is 0 Å². The van der Waals surface area contributed by atoms with Crippen LogP contribution in [-0.4, -0.2) is 11.6 Å². The van der Waals surface area contributed by atoms with Crippen LogP contribution in [0.15, 0.2) is 69.9 Å². The largest absolute Gasteiger partial charge is 0.289 e. The van der Waals surface area contributed by atoms with Crippen molar-refractivity contribution in [2.45, 2.75) is 41.5 Å². The lowest BCUT2D eigenvalue weighted by atomic mass is 9.83. The van der Waals surface area contributed by atoms with Gasteiger partial charge in [0, 0.05) is 11.1 Å². The molecule has 0 spiro atoms. The van der Waals surface area contributed by atoms with Crippen molar-refractivity contribution in [3.8, 4) is 0 Å². The van der Waals surface area contributed by atoms with Gasteiger partial charge in [-0.15, -0.1) is 0 Å². The van der Waals surface area contributed by atoms with E-state index in [4.69, 9.17) is 0 Å². The van der Waals surface area contributed by atoms with E-state index in [1.54, 1.807) is 0 Å². The fraction of sp³-hybridized carbons (Fsp3) is 0.364. The second-order valence-corrected chi connectivity index (χ2v) is 7.16. The summed E-state index contributed by atoms with van der Waals surface area (Å²) in [5.41, 5.74) is 5.29. The Morgan fingerprint density at radius 1 is 0.667 bits per heavy atom. The van der Waals surface area contributed by atoms with Gasteiger partial charge in [0.2, 0.25) is 0 Å². The molecule has 126 valence electrons. The minimum Gasteiger partial charge on any atom is -0.289 e. The molecule has 0 radical (unpaired) electrons. The van der Waals surface area contributed by atoms with Gasteiger partial charge in [0.25, 0.3) is 0 Å². The first kappa shape index (κ1) is 18.1. The molecule has 2 heteroatoms. The maximum absolute atomic E-state index is 12.5. The van der Waals surface area contributed by atoms with E-state index in [0.29, 0.717) is 0 Å². The summed E-state index contributed by atoms with van der Waals surface area (Å²) in [6, 6.07) is 0. The predicted molar refractivity (Wildman–Crippen MR) is 99.5 cm³/mol. The third-order valence-electron chi connectivity index (χ3n) is 4.36. The van der Waals surface area contributed by atoms with Crippen LogP contribution in [-0.2, 0) is 9.59 Å². The molecule has 0 heterocycles. The minimum absolute atomic E-state index is 0.104. The van der Waals surface area contributed by atoms with Gasteiger partial charge in [0.05, 0.1) is 0 Å². The fourth-order valence-corrected chi connectivity index (χ4v) is 2.92. The number of allylic oxidation sites excluding steroid dienone is 12. The quantitative estimate of drug-likeness (QED) is 0.727. The third-order valence-corrected chi connectivity index (χ3v) is 4.36. The molecular weight excluding hydrogens is 296 g/mol. The highest BCUT2D eigenvalue weighted by molar-refractivity contribution is 6.11. The van der Waals surface area contributed by atoms with E-state index in [-0.39, 0.29) is 23.4 Å². The van der Waals surface area contributed by atoms with Gasteiger partial charge < -0.3 is 0 Å². The molecule has 0 aromatic heterocycles. The summed E-state index contributed by atoms with van der Waals surface area (Å²) in [4.78, 5) is 24.4. The van der Waals surface area contributed by atoms with E-state index in [2.05, 4.69) is 0 Å². The van der Waals surface area contributed by atoms with Crippen molar-refractivity contribution in [2.75, 3.05) is 0 Å². The fourth-order valence-electron chi connectivity index (χ4n) is 2.92. The Morgan fingerprint density at radius 3 is 1.42 bits per heavy atom. The zero-order valence-electron chi connectivity index (χ0n) is 15.4. The van der Waals surface area contributed by atoms with Gasteiger partial charge in [-0.1, -0.05) is 39.8 Å². The van der Waals surface area contributed by atoms with Gasteiger partial charge in [-0.05, 0) is 72.3 Å². The summed E-state index contributed by atoms with van der Waals surface area (Å²) in [6.45, 7) is 11.9. The van der Waals surface area contributed by atoms with Gasteiger partial charge in [0.1, 0.15) is 0 Å². The second kappa shape index (κ2) is 7.12. The van der Waals surface area contributed by atoms with Gasteiger partial charge in [-0.2, -0.15) is 0 Å². The van der Waals surface area contributed by atoms with E-state index < -0.39 is 0 Å². The first-order chi connectivity index (χ1) is 11.2. The van der Waals surface area contributed by atoms with Crippen LogP contribution in [0.1, 0.15) is 41.5 Å². The first-order valence-corrected chi connectivity index (χ1v) is 8.52. The van der Waals surface area contributed by atoms with Crippen molar-refractivity contribution >= 4 is 11.6 Å². The smallest absolute Gasteiger partial charge is 0.185 e. The van der Waals surface area contributed by atoms with Gasteiger partial charge in [-0.3, -0.25) is 9.59 Å². The van der Waals surface area contributed by atoms with E-state index in [9.17, 15) is 9.59 Å². The zero-order chi connectivity index (χ0) is 18.0. The van der Waals surface area contributed by atoms with Crippen molar-refractivity contribution in [1.82, 2.24) is 0 Å². The van der Waals surface area contributed by atoms with E-state index in [1.165, 1.54) is 0 Å². The van der Waals surface area contributed by atoms with E-state index in [0.717, 1.165) is 33.4 Å². The monoisotopic (exact) mass is 322 g/mol. The summed E-state index contributed by atoms with van der Waals surface area (Å²) < 4.78 is 0. The molecule has 0 aromatic rings. The summed E-state index contributed by atoms with van der Waals surface area (Å²) in [5.74, 6) is 0.673. The average Bonchev–Trinajstić information content (AvgIpc) is 2.50. The normalized spacial score (nSPS) is 18.5. The molecule has 2 rings (SSSR count). The maximum atomic E-state index is 12.5. The van der Waals surface area contributed by atoms with Crippen LogP contribution in [0, 0.1) is 11.8 Å². The molecule has 0 saturated carbocycles. The molecule has 0 saturated heterocycles. The number of rotatable bonds is 3. The van der Waals surface area contributed by atoms with E-state index >= 15 is 0 Å². The Bertz CT molecular complexity index is 706. The lowest BCUT2D eigenvalue weighted by Gasteiger charge is -2.20. The van der Waals surface area contributed by atoms with Crippen LogP contribution in [0.25, 0.3) is 0 Å². The molecule has 0 bridgehead atoms. The number of ketones is 2. The number of carbonyl (C=O) groups is 2. The molecule has 0 atom stereocenters. The number of hydrogen-bond acceptors (Lipinski definition) is 2. The molecule has 0 unspecified atom stereocenters. The van der Waals surface area contributed by atoms with Crippen molar-refractivity contribution in [1.29, 1.82) is 0 Å². The summed E-state index contributed by atoms with van der Waals surface area (Å²) in [5, 5.41) is 0. The number of hydrogen-bond donors (Lipinski definition) is 0. The Morgan fingerprint density at radius 2 is 1.04 bits per heavy atom. The highest BCUT2D eigenvalue weighted by Crippen LogP contribution is 2.28. The second-order valence-electron chi connectivity index (χ2n) is 7.16. The molecule has 24 heavy (non-hydrogen) atoms. The van der Waals surface area contributed by atoms with Gasteiger partial charge >= 0.3 is 0 Å². The molecule has 0 N–H and O–H groups in total. The Kier molecular flexibility index (Phi) is 5.38. The molecule has 2 aliphatic rings. The Hall–Kier alpha value is -2.22. The van der Waals surface area contributed by atoms with Crippen LogP contribution >= 0.6 is 0 Å². The molecule has 0 fully saturated rings. The predicted octanol–water partition coefficient (Wildman–Crippen LogP) is 5.06. The van der Waals surface area contributed by atoms with E-state index in [1.807, 2.05) is 78.0 Å². The van der Waals surface area contributed by atoms with Crippen molar-refractivity contribution in [3.05, 3.63) is 69.9 Å². The van der Waals surface area contributed by atoms with Crippen LogP contribution in [0.2, 0.25) is 0 Å². The summed E-state index contributed by atoms with van der Waals surface area (Å²) in [6.07, 6.45) is 11.8. The Labute approximate surface area is 145 Å². The van der Waals surface area contributed by atoms with Crippen LogP contribution in [0.5, 0.6) is 0 Å². The topological polar surface area (TPSA) is 34.1 Å². The molecule has 2 nitrogen and oxygen atoms in total. The number of Topliss-reactive ketones (excluding diaryl/α,β-unsaturated/α-hetero) is 2. The number of carbonyl (C=O) groups excluding carboxylic acids is 2. The SMILES string of the molecule is CC1=CC(=CC=C2C=C(C(C)C)C(=O)C(C(C)C)=C2)C=C(C)C1=O. The van der Waals surface area contributed by atoms with Crippen molar-refractivity contribution in [3.63, 3.8) is 0 Å². The summed E-state index contributed by atoms with van der Waals surface area (Å²) >= 11 is 0. The molecule has 2 aliphatic carbocycles. The lowest BCUT2D eigenvalue weighted by molar-refractivity contribution is -0.113. The molecule has 0 aliphatic heterocycles. The summed E-state index contributed by atoms with van der Waals surface area (Å²) in [7, 11) is 0. The van der Waals surface area contributed by atoms with Crippen LogP contribution < -0.4 is 0 Å². The third kappa shape index (κ3) is 3.81. The molecule has 0 amide bonds. The lowest BCUT2D eigenvalue weighted by Crippen LogP contribution is -2.18. The first-order valence-electron chi connectivity index (χ1n) is 8.52. The maximum Gasteiger partial charge on any atom is 0.185 e. The van der Waals surface area contributed by atoms with Crippen molar-refractivity contribution < 1.29 is 9.59 Å². The van der Waals surface area contributed by atoms with Crippen molar-refractivity contribution in [2.24, 2.45) is 11.8 Å².